The van der Waals surface area contributed by atoms with E-state index in [2.05, 4.69) is 30.6 Å². The molecule has 6 nitrogen and oxygen atoms in total. The molecule has 19 heavy (non-hydrogen) atoms. The van der Waals surface area contributed by atoms with E-state index in [1.807, 2.05) is 6.92 Å². The van der Waals surface area contributed by atoms with Crippen LogP contribution in [0.15, 0.2) is 27.8 Å². The van der Waals surface area contributed by atoms with Crippen LogP contribution in [0.25, 0.3) is 0 Å². The van der Waals surface area contributed by atoms with Gasteiger partial charge in [0.05, 0.1) is 11.9 Å². The third-order valence-electron chi connectivity index (χ3n) is 2.57. The molecule has 1 heterocycles. The zero-order valence-corrected chi connectivity index (χ0v) is 12.8. The van der Waals surface area contributed by atoms with E-state index in [4.69, 9.17) is 5.73 Å². The SMILES string of the molecule is Cc1ncc(S(=O)(=O)Nc2cc(N)c(C)cc2Br)[nH]1. The lowest BCUT2D eigenvalue weighted by Gasteiger charge is -2.10. The normalized spacial score (nSPS) is 11.5. The lowest BCUT2D eigenvalue weighted by molar-refractivity contribution is 0.598. The number of rotatable bonds is 3. The van der Waals surface area contributed by atoms with Crippen molar-refractivity contribution in [2.24, 2.45) is 0 Å². The zero-order valence-electron chi connectivity index (χ0n) is 10.4. The molecule has 0 spiro atoms. The molecule has 0 amide bonds. The number of sulfonamides is 1. The summed E-state index contributed by atoms with van der Waals surface area (Å²) in [7, 11) is -3.70. The van der Waals surface area contributed by atoms with Crippen molar-refractivity contribution in [1.29, 1.82) is 0 Å². The number of aromatic nitrogens is 2. The van der Waals surface area contributed by atoms with Gasteiger partial charge in [-0.3, -0.25) is 4.72 Å². The molecule has 0 aliphatic rings. The van der Waals surface area contributed by atoms with Crippen LogP contribution in [-0.4, -0.2) is 18.4 Å². The highest BCUT2D eigenvalue weighted by Crippen LogP contribution is 2.29. The van der Waals surface area contributed by atoms with E-state index in [9.17, 15) is 8.42 Å². The zero-order chi connectivity index (χ0) is 14.2. The molecule has 4 N–H and O–H groups in total. The number of aromatic amines is 1. The number of imidazole rings is 1. The van der Waals surface area contributed by atoms with Crippen molar-refractivity contribution >= 4 is 37.3 Å². The summed E-state index contributed by atoms with van der Waals surface area (Å²) in [5.41, 5.74) is 7.54. The van der Waals surface area contributed by atoms with Crippen molar-refractivity contribution < 1.29 is 8.42 Å². The van der Waals surface area contributed by atoms with Gasteiger partial charge < -0.3 is 10.7 Å². The summed E-state index contributed by atoms with van der Waals surface area (Å²) in [5.74, 6) is 0.530. The van der Waals surface area contributed by atoms with E-state index in [-0.39, 0.29) is 5.03 Å². The Kier molecular flexibility index (Phi) is 3.55. The Labute approximate surface area is 119 Å². The van der Waals surface area contributed by atoms with Crippen LogP contribution in [-0.2, 0) is 10.0 Å². The summed E-state index contributed by atoms with van der Waals surface area (Å²) in [4.78, 5) is 6.54. The van der Waals surface area contributed by atoms with Crippen LogP contribution in [0.4, 0.5) is 11.4 Å². The quantitative estimate of drug-likeness (QED) is 0.742. The van der Waals surface area contributed by atoms with E-state index in [0.29, 0.717) is 21.7 Å². The summed E-state index contributed by atoms with van der Waals surface area (Å²) < 4.78 is 27.3. The molecule has 0 saturated carbocycles. The summed E-state index contributed by atoms with van der Waals surface area (Å²) in [6.45, 7) is 3.52. The smallest absolute Gasteiger partial charge is 0.279 e. The van der Waals surface area contributed by atoms with Gasteiger partial charge in [-0.25, -0.2) is 4.98 Å². The minimum Gasteiger partial charge on any atom is -0.398 e. The van der Waals surface area contributed by atoms with Gasteiger partial charge in [0.2, 0.25) is 0 Å². The van der Waals surface area contributed by atoms with Crippen LogP contribution in [0, 0.1) is 13.8 Å². The standard InChI is InChI=1S/C11H13BrN4O2S/c1-6-3-8(12)10(4-9(6)13)16-19(17,18)11-5-14-7(2)15-11/h3-5,16H,13H2,1-2H3,(H,14,15). The number of aryl methyl sites for hydroxylation is 2. The fraction of sp³-hybridized carbons (Fsp3) is 0.182. The maximum Gasteiger partial charge on any atom is 0.279 e. The number of nitrogens with two attached hydrogens (primary N) is 1. The monoisotopic (exact) mass is 344 g/mol. The molecule has 2 aromatic rings. The van der Waals surface area contributed by atoms with Gasteiger partial charge in [-0.2, -0.15) is 8.42 Å². The molecule has 0 aliphatic heterocycles. The van der Waals surface area contributed by atoms with Crippen molar-refractivity contribution in [3.8, 4) is 0 Å². The first-order chi connectivity index (χ1) is 8.79. The Morgan fingerprint density at radius 2 is 2.05 bits per heavy atom. The first kappa shape index (κ1) is 13.9. The number of nitrogens with one attached hydrogen (secondary N) is 2. The van der Waals surface area contributed by atoms with Gasteiger partial charge in [0.25, 0.3) is 10.0 Å². The Bertz CT molecular complexity index is 724. The van der Waals surface area contributed by atoms with Crippen LogP contribution >= 0.6 is 15.9 Å². The van der Waals surface area contributed by atoms with Gasteiger partial charge in [0.1, 0.15) is 5.82 Å². The van der Waals surface area contributed by atoms with Crippen molar-refractivity contribution in [3.05, 3.63) is 34.2 Å². The molecule has 0 aliphatic carbocycles. The molecule has 0 atom stereocenters. The van der Waals surface area contributed by atoms with Crippen LogP contribution in [0.5, 0.6) is 0 Å². The average molecular weight is 345 g/mol. The maximum absolute atomic E-state index is 12.1. The number of hydrogen-bond acceptors (Lipinski definition) is 4. The van der Waals surface area contributed by atoms with Gasteiger partial charge in [-0.05, 0) is 47.5 Å². The van der Waals surface area contributed by atoms with E-state index in [1.165, 1.54) is 6.20 Å². The highest BCUT2D eigenvalue weighted by atomic mass is 79.9. The number of nitrogen functional groups attached to an aromatic ring is 1. The number of hydrogen-bond donors (Lipinski definition) is 3. The molecule has 0 radical (unpaired) electrons. The van der Waals surface area contributed by atoms with E-state index < -0.39 is 10.0 Å². The Hall–Kier alpha value is -1.54. The van der Waals surface area contributed by atoms with Gasteiger partial charge in [0, 0.05) is 10.2 Å². The van der Waals surface area contributed by atoms with Crippen molar-refractivity contribution in [2.75, 3.05) is 10.5 Å². The van der Waals surface area contributed by atoms with Crippen molar-refractivity contribution in [3.63, 3.8) is 0 Å². The second-order valence-corrected chi connectivity index (χ2v) is 6.63. The van der Waals surface area contributed by atoms with Crippen LogP contribution in [0.3, 0.4) is 0 Å². The second-order valence-electron chi connectivity index (χ2n) is 4.13. The van der Waals surface area contributed by atoms with E-state index >= 15 is 0 Å². The molecule has 102 valence electrons. The highest BCUT2D eigenvalue weighted by Gasteiger charge is 2.18. The van der Waals surface area contributed by atoms with Crippen LogP contribution in [0.2, 0.25) is 0 Å². The third-order valence-corrected chi connectivity index (χ3v) is 4.50. The van der Waals surface area contributed by atoms with Gasteiger partial charge in [-0.1, -0.05) is 0 Å². The number of nitrogens with zero attached hydrogens (tertiary/aromatic N) is 1. The topological polar surface area (TPSA) is 101 Å². The van der Waals surface area contributed by atoms with Crippen LogP contribution in [0.1, 0.15) is 11.4 Å². The fourth-order valence-electron chi connectivity index (χ4n) is 1.50. The van der Waals surface area contributed by atoms with Crippen molar-refractivity contribution in [1.82, 2.24) is 9.97 Å². The lowest BCUT2D eigenvalue weighted by atomic mass is 10.2. The Balaban J connectivity index is 2.38. The molecule has 0 unspecified atom stereocenters. The first-order valence-electron chi connectivity index (χ1n) is 5.39. The van der Waals surface area contributed by atoms with E-state index in [1.54, 1.807) is 19.1 Å². The predicted octanol–water partition coefficient (Wildman–Crippen LogP) is 2.17. The molecule has 0 bridgehead atoms. The largest absolute Gasteiger partial charge is 0.398 e. The summed E-state index contributed by atoms with van der Waals surface area (Å²) in [6.07, 6.45) is 1.27. The first-order valence-corrected chi connectivity index (χ1v) is 7.67. The number of benzene rings is 1. The molecule has 2 rings (SSSR count). The summed E-state index contributed by atoms with van der Waals surface area (Å²) in [6, 6.07) is 3.32. The predicted molar refractivity (Wildman–Crippen MR) is 77.4 cm³/mol. The second kappa shape index (κ2) is 4.86. The Morgan fingerprint density at radius 3 is 2.63 bits per heavy atom. The molecular formula is C11H13BrN4O2S. The van der Waals surface area contributed by atoms with Crippen molar-refractivity contribution in [2.45, 2.75) is 18.9 Å². The summed E-state index contributed by atoms with van der Waals surface area (Å²) >= 11 is 3.30. The third kappa shape index (κ3) is 2.90. The number of H-pyrrole nitrogens is 1. The minimum atomic E-state index is -3.70. The minimum absolute atomic E-state index is 0.0102. The van der Waals surface area contributed by atoms with Gasteiger partial charge in [-0.15, -0.1) is 0 Å². The molecule has 1 aromatic carbocycles. The van der Waals surface area contributed by atoms with Gasteiger partial charge >= 0.3 is 0 Å². The average Bonchev–Trinajstić information content (AvgIpc) is 2.73. The molecule has 0 saturated heterocycles. The molecule has 1 aromatic heterocycles. The number of anilines is 2. The van der Waals surface area contributed by atoms with Gasteiger partial charge in [0.15, 0.2) is 5.03 Å². The Morgan fingerprint density at radius 1 is 1.37 bits per heavy atom. The molecular weight excluding hydrogens is 332 g/mol. The van der Waals surface area contributed by atoms with E-state index in [0.717, 1.165) is 5.56 Å². The number of halogens is 1. The molecule has 0 fully saturated rings. The summed E-state index contributed by atoms with van der Waals surface area (Å²) in [5, 5.41) is 0.0102. The fourth-order valence-corrected chi connectivity index (χ4v) is 3.23. The maximum atomic E-state index is 12.1. The van der Waals surface area contributed by atoms with Crippen LogP contribution < -0.4 is 10.5 Å². The lowest BCUT2D eigenvalue weighted by Crippen LogP contribution is -2.14. The molecule has 8 heteroatoms. The highest BCUT2D eigenvalue weighted by molar-refractivity contribution is 9.10.